The predicted octanol–water partition coefficient (Wildman–Crippen LogP) is 4.91. The first-order valence-corrected chi connectivity index (χ1v) is 11.0. The first-order chi connectivity index (χ1) is 15.0. The summed E-state index contributed by atoms with van der Waals surface area (Å²) in [5.41, 5.74) is 4.27. The van der Waals surface area contributed by atoms with Crippen molar-refractivity contribution < 1.29 is 19.4 Å². The minimum atomic E-state index is -1.14. The number of hydrogen-bond donors (Lipinski definition) is 1. The topological polar surface area (TPSA) is 59.0 Å². The lowest BCUT2D eigenvalue weighted by Gasteiger charge is -2.46. The molecule has 2 aliphatic rings. The van der Waals surface area contributed by atoms with Crippen LogP contribution in [-0.4, -0.2) is 42.9 Å². The van der Waals surface area contributed by atoms with Gasteiger partial charge < -0.3 is 19.5 Å². The molecule has 1 fully saturated rings. The van der Waals surface area contributed by atoms with E-state index in [0.29, 0.717) is 11.3 Å². The first kappa shape index (κ1) is 20.1. The summed E-state index contributed by atoms with van der Waals surface area (Å²) in [5.74, 6) is 0.604. The van der Waals surface area contributed by atoms with Gasteiger partial charge in [-0.05, 0) is 34.4 Å². The number of fused-ring (bicyclic) bond motifs is 3. The average molecular weight is 480 g/mol. The van der Waals surface area contributed by atoms with E-state index in [2.05, 4.69) is 40.2 Å². The van der Waals surface area contributed by atoms with Gasteiger partial charge in [0.2, 0.25) is 0 Å². The van der Waals surface area contributed by atoms with Crippen molar-refractivity contribution in [2.45, 2.75) is 11.5 Å². The summed E-state index contributed by atoms with van der Waals surface area (Å²) < 4.78 is 12.0. The van der Waals surface area contributed by atoms with E-state index in [0.717, 1.165) is 4.47 Å². The van der Waals surface area contributed by atoms with Crippen LogP contribution in [-0.2, 0) is 10.3 Å². The van der Waals surface area contributed by atoms with Crippen molar-refractivity contribution in [3.05, 3.63) is 87.9 Å². The summed E-state index contributed by atoms with van der Waals surface area (Å²) in [4.78, 5) is 14.2. The molecule has 5 nitrogen and oxygen atoms in total. The fraction of sp³-hybridized carbons (Fsp3) is 0.240. The van der Waals surface area contributed by atoms with Crippen LogP contribution in [0.3, 0.4) is 0 Å². The quantitative estimate of drug-likeness (QED) is 0.577. The zero-order chi connectivity index (χ0) is 21.6. The van der Waals surface area contributed by atoms with Crippen molar-refractivity contribution in [1.82, 2.24) is 4.90 Å². The number of aliphatic hydroxyl groups is 1. The van der Waals surface area contributed by atoms with Crippen molar-refractivity contribution >= 4 is 22.0 Å². The largest absolute Gasteiger partial charge is 0.496 e. The maximum atomic E-state index is 12.7. The molecule has 3 aromatic carbocycles. The number of carbonyl (C=O) groups excluding carboxylic acids is 1. The number of hydrogen-bond acceptors (Lipinski definition) is 4. The molecule has 158 valence electrons. The van der Waals surface area contributed by atoms with Crippen LogP contribution in [0.2, 0.25) is 0 Å². The third kappa shape index (κ3) is 3.40. The number of carbonyl (C=O) groups is 1. The Kier molecular flexibility index (Phi) is 4.99. The van der Waals surface area contributed by atoms with Gasteiger partial charge in [0.15, 0.2) is 0 Å². The summed E-state index contributed by atoms with van der Waals surface area (Å²) in [5, 5.41) is 11.0. The number of methoxy groups -OCH3 is 1. The van der Waals surface area contributed by atoms with E-state index >= 15 is 0 Å². The Bertz CT molecular complexity index is 1110. The minimum absolute atomic E-state index is 0.0167. The number of likely N-dealkylation sites (tertiary alicyclic amines) is 1. The molecule has 1 aliphatic carbocycles. The minimum Gasteiger partial charge on any atom is -0.496 e. The number of halogens is 1. The highest BCUT2D eigenvalue weighted by atomic mass is 79.9. The maximum absolute atomic E-state index is 12.7. The molecule has 0 spiro atoms. The van der Waals surface area contributed by atoms with Gasteiger partial charge in [-0.15, -0.1) is 0 Å². The first-order valence-electron chi connectivity index (χ1n) is 10.2. The summed E-state index contributed by atoms with van der Waals surface area (Å²) in [6, 6.07) is 22.0. The molecule has 6 heteroatoms. The standard InChI is InChI=1S/C25H22BrNO4/c1-30-23-12-16(26)10-11-22(23)25(29)14-27(15-25)24(28)31-13-21-19-8-4-2-6-17(19)18-7-3-5-9-20(18)21/h2-12,21,29H,13-15H2,1H3. The number of rotatable bonds is 4. The van der Waals surface area contributed by atoms with Crippen LogP contribution in [0.4, 0.5) is 4.79 Å². The van der Waals surface area contributed by atoms with Crippen LogP contribution in [0.5, 0.6) is 5.75 Å². The van der Waals surface area contributed by atoms with E-state index in [1.54, 1.807) is 7.11 Å². The van der Waals surface area contributed by atoms with Gasteiger partial charge in [0, 0.05) is 16.0 Å². The number of ether oxygens (including phenoxy) is 2. The van der Waals surface area contributed by atoms with Gasteiger partial charge in [-0.25, -0.2) is 4.79 Å². The number of amides is 1. The highest BCUT2D eigenvalue weighted by molar-refractivity contribution is 9.10. The zero-order valence-electron chi connectivity index (χ0n) is 17.0. The second kappa shape index (κ2) is 7.70. The third-order valence-corrected chi connectivity index (χ3v) is 6.66. The summed E-state index contributed by atoms with van der Waals surface area (Å²) in [6.07, 6.45) is -0.414. The highest BCUT2D eigenvalue weighted by Crippen LogP contribution is 2.45. The average Bonchev–Trinajstić information content (AvgIpc) is 3.09. The lowest BCUT2D eigenvalue weighted by Crippen LogP contribution is -2.61. The molecule has 3 aromatic rings. The molecular formula is C25H22BrNO4. The fourth-order valence-corrected chi connectivity index (χ4v) is 4.96. The second-order valence-corrected chi connectivity index (χ2v) is 8.95. The Morgan fingerprint density at radius 3 is 2.29 bits per heavy atom. The van der Waals surface area contributed by atoms with E-state index in [-0.39, 0.29) is 25.6 Å². The van der Waals surface area contributed by atoms with Crippen LogP contribution in [0.15, 0.2) is 71.2 Å². The molecule has 0 bridgehead atoms. The smallest absolute Gasteiger partial charge is 0.410 e. The van der Waals surface area contributed by atoms with E-state index in [4.69, 9.17) is 9.47 Å². The fourth-order valence-electron chi connectivity index (χ4n) is 4.62. The Morgan fingerprint density at radius 2 is 1.68 bits per heavy atom. The maximum Gasteiger partial charge on any atom is 0.410 e. The Labute approximate surface area is 189 Å². The van der Waals surface area contributed by atoms with Gasteiger partial charge in [-0.2, -0.15) is 0 Å². The van der Waals surface area contributed by atoms with Crippen LogP contribution < -0.4 is 4.74 Å². The van der Waals surface area contributed by atoms with E-state index in [1.807, 2.05) is 42.5 Å². The van der Waals surface area contributed by atoms with E-state index < -0.39 is 11.7 Å². The van der Waals surface area contributed by atoms with Crippen molar-refractivity contribution in [2.75, 3.05) is 26.8 Å². The van der Waals surface area contributed by atoms with Crippen LogP contribution >= 0.6 is 15.9 Å². The predicted molar refractivity (Wildman–Crippen MR) is 121 cm³/mol. The zero-order valence-corrected chi connectivity index (χ0v) is 18.6. The van der Waals surface area contributed by atoms with E-state index in [9.17, 15) is 9.90 Å². The molecule has 1 aliphatic heterocycles. The number of nitrogens with zero attached hydrogens (tertiary/aromatic N) is 1. The van der Waals surface area contributed by atoms with Gasteiger partial charge in [0.05, 0.1) is 20.2 Å². The molecule has 0 aromatic heterocycles. The van der Waals surface area contributed by atoms with Gasteiger partial charge in [-0.1, -0.05) is 70.5 Å². The number of β-amino-alcohol motifs (C(OH)–C–C–N with tert-alkyl or cyclic N) is 1. The lowest BCUT2D eigenvalue weighted by atomic mass is 9.86. The molecule has 0 atom stereocenters. The van der Waals surface area contributed by atoms with Crippen molar-refractivity contribution in [3.8, 4) is 16.9 Å². The molecular weight excluding hydrogens is 458 g/mol. The van der Waals surface area contributed by atoms with Gasteiger partial charge >= 0.3 is 6.09 Å². The van der Waals surface area contributed by atoms with Gasteiger partial charge in [0.1, 0.15) is 18.0 Å². The molecule has 1 N–H and O–H groups in total. The van der Waals surface area contributed by atoms with Crippen LogP contribution in [0, 0.1) is 0 Å². The van der Waals surface area contributed by atoms with Crippen molar-refractivity contribution in [3.63, 3.8) is 0 Å². The molecule has 1 heterocycles. The number of benzene rings is 3. The normalized spacial score (nSPS) is 16.3. The van der Waals surface area contributed by atoms with Gasteiger partial charge in [-0.3, -0.25) is 0 Å². The van der Waals surface area contributed by atoms with Gasteiger partial charge in [0.25, 0.3) is 0 Å². The van der Waals surface area contributed by atoms with Crippen LogP contribution in [0.1, 0.15) is 22.6 Å². The molecule has 0 saturated carbocycles. The summed E-state index contributed by atoms with van der Waals surface area (Å²) in [6.45, 7) is 0.604. The Hall–Kier alpha value is -2.83. The molecule has 0 radical (unpaired) electrons. The Morgan fingerprint density at radius 1 is 1.06 bits per heavy atom. The second-order valence-electron chi connectivity index (χ2n) is 8.04. The highest BCUT2D eigenvalue weighted by Gasteiger charge is 2.47. The third-order valence-electron chi connectivity index (χ3n) is 6.16. The summed E-state index contributed by atoms with van der Waals surface area (Å²) >= 11 is 3.41. The summed E-state index contributed by atoms with van der Waals surface area (Å²) in [7, 11) is 1.57. The molecule has 5 rings (SSSR count). The lowest BCUT2D eigenvalue weighted by molar-refractivity contribution is -0.0953. The monoisotopic (exact) mass is 479 g/mol. The Balaban J connectivity index is 1.27. The molecule has 0 unspecified atom stereocenters. The molecule has 1 amide bonds. The molecule has 1 saturated heterocycles. The van der Waals surface area contributed by atoms with E-state index in [1.165, 1.54) is 27.2 Å². The SMILES string of the molecule is COc1cc(Br)ccc1C1(O)CN(C(=O)OCC2c3ccccc3-c3ccccc32)C1. The van der Waals surface area contributed by atoms with Crippen molar-refractivity contribution in [2.24, 2.45) is 0 Å². The van der Waals surface area contributed by atoms with Crippen molar-refractivity contribution in [1.29, 1.82) is 0 Å². The molecule has 31 heavy (non-hydrogen) atoms. The van der Waals surface area contributed by atoms with Crippen LogP contribution in [0.25, 0.3) is 11.1 Å².